The van der Waals surface area contributed by atoms with Crippen molar-refractivity contribution < 1.29 is 0 Å². The van der Waals surface area contributed by atoms with Crippen LogP contribution in [0, 0.1) is 0 Å². The molecule has 12 rings (SSSR count). The van der Waals surface area contributed by atoms with Gasteiger partial charge < -0.3 is 0 Å². The van der Waals surface area contributed by atoms with E-state index in [4.69, 9.17) is 9.97 Å². The van der Waals surface area contributed by atoms with Crippen molar-refractivity contribution in [2.24, 2.45) is 0 Å². The Morgan fingerprint density at radius 1 is 0.290 bits per heavy atom. The van der Waals surface area contributed by atoms with E-state index in [1.165, 1.54) is 54.3 Å². The van der Waals surface area contributed by atoms with Gasteiger partial charge in [0, 0.05) is 26.5 Å². The molecule has 1 aromatic heterocycles. The number of rotatable bonds is 6. The fraction of sp³-hybridized carbons (Fsp3) is 0.0169. The van der Waals surface area contributed by atoms with Crippen LogP contribution in [0.1, 0.15) is 22.3 Å². The molecule has 0 bridgehead atoms. The smallest absolute Gasteiger partial charge is 0.160 e. The molecule has 0 radical (unpaired) electrons. The molecule has 2 nitrogen and oxygen atoms in total. The summed E-state index contributed by atoms with van der Waals surface area (Å²) in [6.07, 6.45) is 0. The summed E-state index contributed by atoms with van der Waals surface area (Å²) in [6, 6.07) is 83.3. The summed E-state index contributed by atoms with van der Waals surface area (Å²) < 4.78 is 0. The minimum Gasteiger partial charge on any atom is -0.228 e. The fourth-order valence-electron chi connectivity index (χ4n) is 9.86. The van der Waals surface area contributed by atoms with Gasteiger partial charge in [-0.1, -0.05) is 218 Å². The summed E-state index contributed by atoms with van der Waals surface area (Å²) in [5.74, 6) is 0.701. The lowest BCUT2D eigenvalue weighted by atomic mass is 9.67. The molecular weight excluding hydrogens is 769 g/mol. The van der Waals surface area contributed by atoms with Gasteiger partial charge in [-0.25, -0.2) is 9.97 Å². The molecule has 1 spiro atoms. The Bertz CT molecular complexity index is 3290. The number of nitrogens with zero attached hydrogens (tertiary/aromatic N) is 2. The first-order chi connectivity index (χ1) is 30.7. The summed E-state index contributed by atoms with van der Waals surface area (Å²) in [6.45, 7) is 0. The summed E-state index contributed by atoms with van der Waals surface area (Å²) in [4.78, 5) is 13.0. The van der Waals surface area contributed by atoms with Crippen LogP contribution in [0.15, 0.2) is 240 Å². The Kier molecular flexibility index (Phi) is 8.69. The molecule has 2 heterocycles. The Morgan fingerprint density at radius 2 is 0.758 bits per heavy atom. The van der Waals surface area contributed by atoms with Crippen molar-refractivity contribution >= 4 is 11.8 Å². The van der Waals surface area contributed by atoms with Crippen LogP contribution in [-0.2, 0) is 5.41 Å². The van der Waals surface area contributed by atoms with Gasteiger partial charge in [0.25, 0.3) is 0 Å². The molecule has 3 heteroatoms. The molecule has 0 saturated heterocycles. The topological polar surface area (TPSA) is 25.8 Å². The van der Waals surface area contributed by atoms with E-state index in [0.717, 1.165) is 50.3 Å². The van der Waals surface area contributed by atoms with Crippen LogP contribution in [0.25, 0.3) is 78.4 Å². The van der Waals surface area contributed by atoms with E-state index < -0.39 is 5.41 Å². The van der Waals surface area contributed by atoms with Crippen LogP contribution in [0.4, 0.5) is 0 Å². The predicted molar refractivity (Wildman–Crippen MR) is 256 cm³/mol. The van der Waals surface area contributed by atoms with Gasteiger partial charge in [-0.05, 0) is 91.0 Å². The average molecular weight is 807 g/mol. The minimum absolute atomic E-state index is 0.414. The second kappa shape index (κ2) is 14.8. The lowest BCUT2D eigenvalue weighted by Crippen LogP contribution is -2.32. The Balaban J connectivity index is 0.982. The van der Waals surface area contributed by atoms with Gasteiger partial charge in [-0.3, -0.25) is 0 Å². The molecule has 0 amide bonds. The third-order valence-electron chi connectivity index (χ3n) is 12.6. The van der Waals surface area contributed by atoms with Crippen molar-refractivity contribution in [3.63, 3.8) is 0 Å². The molecule has 0 fully saturated rings. The normalized spacial score (nSPS) is 12.9. The molecule has 62 heavy (non-hydrogen) atoms. The summed E-state index contributed by atoms with van der Waals surface area (Å²) in [5, 5.41) is 0. The number of fused-ring (bicyclic) bond motifs is 9. The van der Waals surface area contributed by atoms with E-state index in [9.17, 15) is 0 Å². The molecular formula is C59H38N2S. The van der Waals surface area contributed by atoms with Crippen LogP contribution < -0.4 is 0 Å². The maximum Gasteiger partial charge on any atom is 0.160 e. The Labute approximate surface area is 366 Å². The summed E-state index contributed by atoms with van der Waals surface area (Å²) in [7, 11) is 0. The quantitative estimate of drug-likeness (QED) is 0.167. The highest BCUT2D eigenvalue weighted by Crippen LogP contribution is 2.63. The third kappa shape index (κ3) is 5.81. The molecule has 9 aromatic carbocycles. The third-order valence-corrected chi connectivity index (χ3v) is 13.8. The van der Waals surface area contributed by atoms with Crippen LogP contribution in [0.5, 0.6) is 0 Å². The summed E-state index contributed by atoms with van der Waals surface area (Å²) >= 11 is 1.90. The monoisotopic (exact) mass is 806 g/mol. The lowest BCUT2D eigenvalue weighted by Gasteiger charge is -2.40. The van der Waals surface area contributed by atoms with Crippen molar-refractivity contribution in [1.82, 2.24) is 9.97 Å². The first kappa shape index (κ1) is 36.3. The predicted octanol–water partition coefficient (Wildman–Crippen LogP) is 15.3. The zero-order chi connectivity index (χ0) is 41.0. The number of benzene rings is 9. The van der Waals surface area contributed by atoms with Crippen molar-refractivity contribution in [1.29, 1.82) is 0 Å². The molecule has 10 aromatic rings. The SMILES string of the molecule is c1ccc(-c2nc(-c3cccc(-c4cccc(-c5cccc6c5Sc5ccccc5C65c6ccccc6-c6ccccc65)c4)c3)cc(-c3ccccc3-c3ccccc3)n2)cc1. The lowest BCUT2D eigenvalue weighted by molar-refractivity contribution is 0.723. The van der Waals surface area contributed by atoms with Crippen molar-refractivity contribution in [3.8, 4) is 78.4 Å². The largest absolute Gasteiger partial charge is 0.228 e. The van der Waals surface area contributed by atoms with Gasteiger partial charge in [0.15, 0.2) is 5.82 Å². The molecule has 290 valence electrons. The second-order valence-corrected chi connectivity index (χ2v) is 17.1. The van der Waals surface area contributed by atoms with E-state index in [0.29, 0.717) is 5.82 Å². The highest BCUT2D eigenvalue weighted by Gasteiger charge is 2.50. The van der Waals surface area contributed by atoms with Crippen LogP contribution in [0.2, 0.25) is 0 Å². The first-order valence-electron chi connectivity index (χ1n) is 21.1. The molecule has 1 aliphatic heterocycles. The number of aromatic nitrogens is 2. The Morgan fingerprint density at radius 3 is 1.47 bits per heavy atom. The average Bonchev–Trinajstić information content (AvgIpc) is 3.65. The van der Waals surface area contributed by atoms with Crippen molar-refractivity contribution in [3.05, 3.63) is 253 Å². The van der Waals surface area contributed by atoms with Gasteiger partial charge in [-0.15, -0.1) is 0 Å². The number of hydrogen-bond acceptors (Lipinski definition) is 3. The van der Waals surface area contributed by atoms with E-state index in [1.807, 2.05) is 30.0 Å². The standard InChI is InChI=1S/C59H38N2S/c1-3-18-39(19-4-1)45-26-7-8-29-49(45)55-38-54(60-58(61-55)40-20-5-2-6-21-40)44-25-16-23-42(37-44)41-22-15-24-43(36-41)46-30-17-34-53-57(46)62-56-35-14-13-33-52(56)59(53)50-31-11-9-27-47(50)48-28-10-12-32-51(48)59/h1-38H. The maximum absolute atomic E-state index is 5.22. The van der Waals surface area contributed by atoms with Crippen molar-refractivity contribution in [2.75, 3.05) is 0 Å². The van der Waals surface area contributed by atoms with Crippen LogP contribution in [0.3, 0.4) is 0 Å². The zero-order valence-electron chi connectivity index (χ0n) is 33.7. The van der Waals surface area contributed by atoms with Gasteiger partial charge in [-0.2, -0.15) is 0 Å². The van der Waals surface area contributed by atoms with Crippen LogP contribution in [-0.4, -0.2) is 9.97 Å². The minimum atomic E-state index is -0.414. The molecule has 2 aliphatic rings. The highest BCUT2D eigenvalue weighted by atomic mass is 32.2. The first-order valence-corrected chi connectivity index (χ1v) is 22.0. The molecule has 0 atom stereocenters. The molecule has 0 N–H and O–H groups in total. The fourth-order valence-corrected chi connectivity index (χ4v) is 11.2. The zero-order valence-corrected chi connectivity index (χ0v) is 34.6. The summed E-state index contributed by atoms with van der Waals surface area (Å²) in [5.41, 5.74) is 19.5. The van der Waals surface area contributed by atoms with E-state index in [2.05, 4.69) is 212 Å². The maximum atomic E-state index is 5.22. The number of hydrogen-bond donors (Lipinski definition) is 0. The van der Waals surface area contributed by atoms with E-state index in [-0.39, 0.29) is 0 Å². The van der Waals surface area contributed by atoms with E-state index in [1.54, 1.807) is 0 Å². The molecule has 0 saturated carbocycles. The highest BCUT2D eigenvalue weighted by molar-refractivity contribution is 7.99. The van der Waals surface area contributed by atoms with Crippen LogP contribution >= 0.6 is 11.8 Å². The molecule has 0 unspecified atom stereocenters. The van der Waals surface area contributed by atoms with Gasteiger partial charge >= 0.3 is 0 Å². The van der Waals surface area contributed by atoms with Gasteiger partial charge in [0.2, 0.25) is 0 Å². The van der Waals surface area contributed by atoms with Gasteiger partial charge in [0.05, 0.1) is 16.8 Å². The van der Waals surface area contributed by atoms with Gasteiger partial charge in [0.1, 0.15) is 0 Å². The van der Waals surface area contributed by atoms with E-state index >= 15 is 0 Å². The molecule has 1 aliphatic carbocycles. The second-order valence-electron chi connectivity index (χ2n) is 16.0. The Hall–Kier alpha value is -7.59. The van der Waals surface area contributed by atoms with Crippen molar-refractivity contribution in [2.45, 2.75) is 15.2 Å².